The number of hydrogen-bond acceptors (Lipinski definition) is 7. The molecule has 0 saturated carbocycles. The predicted molar refractivity (Wildman–Crippen MR) is 99.1 cm³/mol. The van der Waals surface area contributed by atoms with Crippen molar-refractivity contribution in [2.75, 3.05) is 20.8 Å². The normalized spacial score (nSPS) is 10.5. The summed E-state index contributed by atoms with van der Waals surface area (Å²) in [6, 6.07) is 9.40. The summed E-state index contributed by atoms with van der Waals surface area (Å²) in [6.07, 6.45) is 1.53. The molecule has 1 heterocycles. The summed E-state index contributed by atoms with van der Waals surface area (Å²) in [5.41, 5.74) is 0.287. The molecule has 0 aliphatic rings. The fourth-order valence-corrected chi connectivity index (χ4v) is 2.77. The van der Waals surface area contributed by atoms with Crippen LogP contribution in [0.3, 0.4) is 0 Å². The van der Waals surface area contributed by atoms with E-state index in [1.165, 1.54) is 20.4 Å². The second-order valence-electron chi connectivity index (χ2n) is 5.73. The number of Topliss-reactive ketones (excluding diaryl/α,β-unsaturated/α-hetero) is 1. The van der Waals surface area contributed by atoms with Crippen LogP contribution in [-0.4, -0.2) is 42.5 Å². The van der Waals surface area contributed by atoms with E-state index in [2.05, 4.69) is 4.98 Å². The molecular weight excluding hydrogens is 368 g/mol. The molecule has 1 aromatic heterocycles. The van der Waals surface area contributed by atoms with Crippen molar-refractivity contribution in [2.24, 2.45) is 0 Å². The molecule has 0 fully saturated rings. The number of nitro groups is 1. The lowest BCUT2D eigenvalue weighted by Crippen LogP contribution is -2.15. The highest BCUT2D eigenvalue weighted by Crippen LogP contribution is 2.34. The van der Waals surface area contributed by atoms with Gasteiger partial charge in [0.15, 0.2) is 18.1 Å². The Morgan fingerprint density at radius 1 is 1.07 bits per heavy atom. The van der Waals surface area contributed by atoms with Crippen LogP contribution in [0.15, 0.2) is 42.6 Å². The van der Waals surface area contributed by atoms with E-state index in [1.54, 1.807) is 12.1 Å². The third-order valence-corrected chi connectivity index (χ3v) is 4.14. The van der Waals surface area contributed by atoms with Crippen LogP contribution >= 0.6 is 0 Å². The number of ketones is 1. The Bertz CT molecular complexity index is 1070. The Hall–Kier alpha value is -3.88. The molecule has 0 aliphatic carbocycles. The number of aromatic amines is 1. The zero-order valence-electron chi connectivity index (χ0n) is 15.1. The summed E-state index contributed by atoms with van der Waals surface area (Å²) in [5.74, 6) is -1.22. The topological polar surface area (TPSA) is 121 Å². The first-order valence-electron chi connectivity index (χ1n) is 8.13. The summed E-state index contributed by atoms with van der Waals surface area (Å²) >= 11 is 0. The lowest BCUT2D eigenvalue weighted by Gasteiger charge is -2.10. The quantitative estimate of drug-likeness (QED) is 0.287. The van der Waals surface area contributed by atoms with Crippen LogP contribution in [0.5, 0.6) is 11.5 Å². The average molecular weight is 384 g/mol. The molecule has 28 heavy (non-hydrogen) atoms. The smallest absolute Gasteiger partial charge is 0.345 e. The number of esters is 1. The van der Waals surface area contributed by atoms with Crippen molar-refractivity contribution < 1.29 is 28.7 Å². The molecule has 0 aliphatic heterocycles. The minimum absolute atomic E-state index is 0.0978. The second kappa shape index (κ2) is 7.78. The Morgan fingerprint density at radius 3 is 2.43 bits per heavy atom. The number of carbonyl (C=O) groups excluding carboxylic acids is 2. The van der Waals surface area contributed by atoms with E-state index in [1.807, 2.05) is 12.1 Å². The number of fused-ring (bicyclic) bond motifs is 1. The molecule has 0 radical (unpaired) electrons. The second-order valence-corrected chi connectivity index (χ2v) is 5.73. The number of hydrogen-bond donors (Lipinski definition) is 1. The molecular formula is C19H16N2O7. The van der Waals surface area contributed by atoms with Gasteiger partial charge in [-0.1, -0.05) is 18.2 Å². The van der Waals surface area contributed by atoms with Crippen LogP contribution < -0.4 is 9.47 Å². The molecule has 144 valence electrons. The van der Waals surface area contributed by atoms with Gasteiger partial charge >= 0.3 is 5.97 Å². The Balaban J connectivity index is 1.83. The van der Waals surface area contributed by atoms with Crippen LogP contribution in [0, 0.1) is 10.1 Å². The minimum Gasteiger partial charge on any atom is -0.493 e. The molecule has 0 atom stereocenters. The number of benzene rings is 2. The lowest BCUT2D eigenvalue weighted by atomic mass is 10.1. The van der Waals surface area contributed by atoms with Crippen molar-refractivity contribution in [3.63, 3.8) is 0 Å². The van der Waals surface area contributed by atoms with Crippen LogP contribution in [0.25, 0.3) is 10.9 Å². The van der Waals surface area contributed by atoms with E-state index >= 15 is 0 Å². The molecule has 0 unspecified atom stereocenters. The average Bonchev–Trinajstić information content (AvgIpc) is 3.14. The lowest BCUT2D eigenvalue weighted by molar-refractivity contribution is -0.385. The van der Waals surface area contributed by atoms with Crippen molar-refractivity contribution in [3.05, 3.63) is 63.8 Å². The van der Waals surface area contributed by atoms with Gasteiger partial charge in [-0.05, 0) is 6.07 Å². The first-order chi connectivity index (χ1) is 13.5. The Morgan fingerprint density at radius 2 is 1.75 bits per heavy atom. The highest BCUT2D eigenvalue weighted by Gasteiger charge is 2.26. The Labute approximate surface area is 159 Å². The summed E-state index contributed by atoms with van der Waals surface area (Å²) in [5, 5.41) is 12.0. The number of rotatable bonds is 7. The molecule has 0 bridgehead atoms. The van der Waals surface area contributed by atoms with Gasteiger partial charge in [0.25, 0.3) is 5.69 Å². The van der Waals surface area contributed by atoms with Crippen LogP contribution in [0.4, 0.5) is 5.69 Å². The first-order valence-corrected chi connectivity index (χ1v) is 8.13. The Kier molecular flexibility index (Phi) is 5.25. The first kappa shape index (κ1) is 18.9. The number of carbonyl (C=O) groups is 2. The number of nitrogens with zero attached hydrogens (tertiary/aromatic N) is 1. The minimum atomic E-state index is -1.01. The van der Waals surface area contributed by atoms with E-state index in [0.29, 0.717) is 10.9 Å². The third kappa shape index (κ3) is 3.50. The van der Waals surface area contributed by atoms with Crippen molar-refractivity contribution in [2.45, 2.75) is 0 Å². The maximum atomic E-state index is 12.4. The summed E-state index contributed by atoms with van der Waals surface area (Å²) < 4.78 is 15.1. The van der Waals surface area contributed by atoms with Crippen LogP contribution in [0.2, 0.25) is 0 Å². The molecule has 0 amide bonds. The summed E-state index contributed by atoms with van der Waals surface area (Å²) in [7, 11) is 2.65. The van der Waals surface area contributed by atoms with Gasteiger partial charge in [-0.3, -0.25) is 14.9 Å². The summed E-state index contributed by atoms with van der Waals surface area (Å²) in [4.78, 5) is 38.3. The number of ether oxygens (including phenoxy) is 3. The van der Waals surface area contributed by atoms with Gasteiger partial charge < -0.3 is 19.2 Å². The number of para-hydroxylation sites is 1. The molecule has 1 N–H and O–H groups in total. The molecule has 9 heteroatoms. The van der Waals surface area contributed by atoms with Crippen molar-refractivity contribution in [1.82, 2.24) is 4.98 Å². The van der Waals surface area contributed by atoms with Crippen LogP contribution in [0.1, 0.15) is 20.7 Å². The maximum absolute atomic E-state index is 12.4. The monoisotopic (exact) mass is 384 g/mol. The molecule has 9 nitrogen and oxygen atoms in total. The molecule has 3 rings (SSSR count). The fourth-order valence-electron chi connectivity index (χ4n) is 2.77. The standard InChI is InChI=1S/C19H16N2O7/c1-26-17-7-12(15(21(24)25)8-18(17)27-2)19(23)28-10-16(22)13-9-20-14-6-4-3-5-11(13)14/h3-9,20H,10H2,1-2H3. The van der Waals surface area contributed by atoms with E-state index in [-0.39, 0.29) is 17.1 Å². The van der Waals surface area contributed by atoms with E-state index in [9.17, 15) is 19.7 Å². The van der Waals surface area contributed by atoms with Crippen molar-refractivity contribution in [3.8, 4) is 11.5 Å². The number of nitrogens with one attached hydrogen (secondary N) is 1. The molecule has 0 saturated heterocycles. The fraction of sp³-hybridized carbons (Fsp3) is 0.158. The van der Waals surface area contributed by atoms with Gasteiger partial charge in [0.1, 0.15) is 5.56 Å². The third-order valence-electron chi connectivity index (χ3n) is 4.14. The number of nitro benzene ring substituents is 1. The van der Waals surface area contributed by atoms with Gasteiger partial charge in [0.05, 0.1) is 25.2 Å². The highest BCUT2D eigenvalue weighted by atomic mass is 16.6. The number of H-pyrrole nitrogens is 1. The number of aromatic nitrogens is 1. The molecule has 2 aromatic carbocycles. The van der Waals surface area contributed by atoms with Gasteiger partial charge in [0.2, 0.25) is 5.78 Å². The molecule has 3 aromatic rings. The summed E-state index contributed by atoms with van der Waals surface area (Å²) in [6.45, 7) is -0.563. The number of methoxy groups -OCH3 is 2. The van der Waals surface area contributed by atoms with Gasteiger partial charge in [-0.15, -0.1) is 0 Å². The SMILES string of the molecule is COc1cc(C(=O)OCC(=O)c2c[nH]c3ccccc23)c([N+](=O)[O-])cc1OC. The predicted octanol–water partition coefficient (Wildman–Crippen LogP) is 3.13. The van der Waals surface area contributed by atoms with Gasteiger partial charge in [-0.2, -0.15) is 0 Å². The zero-order valence-corrected chi connectivity index (χ0v) is 15.1. The largest absolute Gasteiger partial charge is 0.493 e. The van der Waals surface area contributed by atoms with Crippen LogP contribution in [-0.2, 0) is 4.74 Å². The van der Waals surface area contributed by atoms with Gasteiger partial charge in [0, 0.05) is 28.7 Å². The van der Waals surface area contributed by atoms with E-state index in [4.69, 9.17) is 14.2 Å². The van der Waals surface area contributed by atoms with E-state index < -0.39 is 29.0 Å². The van der Waals surface area contributed by atoms with Crippen molar-refractivity contribution >= 4 is 28.3 Å². The maximum Gasteiger partial charge on any atom is 0.345 e. The van der Waals surface area contributed by atoms with Gasteiger partial charge in [-0.25, -0.2) is 4.79 Å². The van der Waals surface area contributed by atoms with E-state index in [0.717, 1.165) is 17.6 Å². The van der Waals surface area contributed by atoms with Crippen molar-refractivity contribution in [1.29, 1.82) is 0 Å². The zero-order chi connectivity index (χ0) is 20.3. The highest BCUT2D eigenvalue weighted by molar-refractivity contribution is 6.09. The molecule has 0 spiro atoms.